The number of benzene rings is 3. The van der Waals surface area contributed by atoms with E-state index in [0.29, 0.717) is 11.3 Å². The van der Waals surface area contributed by atoms with Crippen molar-refractivity contribution in [2.45, 2.75) is 0 Å². The monoisotopic (exact) mass is 293 g/mol. The fraction of sp³-hybridized carbons (Fsp3) is 0. The van der Waals surface area contributed by atoms with Crippen LogP contribution in [-0.2, 0) is 0 Å². The van der Waals surface area contributed by atoms with Gasteiger partial charge in [-0.25, -0.2) is 4.85 Å². The highest BCUT2D eigenvalue weighted by Gasteiger charge is 2.14. The van der Waals surface area contributed by atoms with Gasteiger partial charge in [0, 0.05) is 10.8 Å². The molecule has 0 aliphatic carbocycles. The van der Waals surface area contributed by atoms with Crippen molar-refractivity contribution < 1.29 is 0 Å². The lowest BCUT2D eigenvalue weighted by atomic mass is 10.1. The van der Waals surface area contributed by atoms with E-state index in [9.17, 15) is 5.26 Å². The van der Waals surface area contributed by atoms with E-state index >= 15 is 0 Å². The van der Waals surface area contributed by atoms with Crippen LogP contribution >= 0.6 is 0 Å². The lowest BCUT2D eigenvalue weighted by Crippen LogP contribution is -1.97. The average molecular weight is 293 g/mol. The molecule has 0 fully saturated rings. The highest BCUT2D eigenvalue weighted by molar-refractivity contribution is 6.09. The van der Waals surface area contributed by atoms with Gasteiger partial charge in [-0.3, -0.25) is 0 Å². The summed E-state index contributed by atoms with van der Waals surface area (Å²) in [7, 11) is 0. The van der Waals surface area contributed by atoms with Gasteiger partial charge in [0.15, 0.2) is 5.69 Å². The van der Waals surface area contributed by atoms with E-state index in [1.165, 1.54) is 0 Å². The summed E-state index contributed by atoms with van der Waals surface area (Å²) in [4.78, 5) is 3.50. The van der Waals surface area contributed by atoms with Crippen LogP contribution in [-0.4, -0.2) is 4.57 Å². The summed E-state index contributed by atoms with van der Waals surface area (Å²) >= 11 is 0. The van der Waals surface area contributed by atoms with Gasteiger partial charge in [0.25, 0.3) is 0 Å². The first-order valence-electron chi connectivity index (χ1n) is 7.23. The zero-order valence-corrected chi connectivity index (χ0v) is 12.2. The molecule has 0 saturated carbocycles. The minimum atomic E-state index is 0.529. The molecule has 0 spiro atoms. The first kappa shape index (κ1) is 13.1. The molecule has 23 heavy (non-hydrogen) atoms. The molecule has 4 rings (SSSR count). The van der Waals surface area contributed by atoms with Gasteiger partial charge in [0.05, 0.1) is 28.9 Å². The number of aromatic nitrogens is 1. The molecule has 0 unspecified atom stereocenters. The van der Waals surface area contributed by atoms with Crippen LogP contribution in [0, 0.1) is 17.9 Å². The standard InChI is InChI=1S/C20H11N3/c1-22-15-11-10-14(13-21)20(12-15)23-18-8-4-2-6-16(18)17-7-3-5-9-19(17)23/h2-12H. The summed E-state index contributed by atoms with van der Waals surface area (Å²) in [6.07, 6.45) is 0. The minimum absolute atomic E-state index is 0.529. The lowest BCUT2D eigenvalue weighted by molar-refractivity contribution is 1.17. The van der Waals surface area contributed by atoms with E-state index in [0.717, 1.165) is 27.5 Å². The third-order valence-electron chi connectivity index (χ3n) is 4.05. The van der Waals surface area contributed by atoms with Crippen molar-refractivity contribution in [1.29, 1.82) is 5.26 Å². The maximum atomic E-state index is 9.48. The Labute approximate surface area is 133 Å². The number of para-hydroxylation sites is 2. The Kier molecular flexibility index (Phi) is 2.86. The highest BCUT2D eigenvalue weighted by Crippen LogP contribution is 2.33. The van der Waals surface area contributed by atoms with E-state index in [1.54, 1.807) is 18.2 Å². The second-order valence-electron chi connectivity index (χ2n) is 5.29. The van der Waals surface area contributed by atoms with Gasteiger partial charge >= 0.3 is 0 Å². The summed E-state index contributed by atoms with van der Waals surface area (Å²) in [5.41, 5.74) is 3.91. The molecule has 0 radical (unpaired) electrons. The Morgan fingerprint density at radius 2 is 1.48 bits per heavy atom. The predicted octanol–water partition coefficient (Wildman–Crippen LogP) is 5.21. The zero-order valence-electron chi connectivity index (χ0n) is 12.2. The molecule has 0 atom stereocenters. The normalized spacial score (nSPS) is 10.5. The molecule has 3 heteroatoms. The summed E-state index contributed by atoms with van der Waals surface area (Å²) in [5.74, 6) is 0. The number of nitrogens with zero attached hydrogens (tertiary/aromatic N) is 3. The number of rotatable bonds is 1. The van der Waals surface area contributed by atoms with Crippen molar-refractivity contribution in [3.05, 3.63) is 83.7 Å². The fourth-order valence-electron chi connectivity index (χ4n) is 3.05. The van der Waals surface area contributed by atoms with Crippen molar-refractivity contribution in [3.63, 3.8) is 0 Å². The molecular formula is C20H11N3. The summed E-state index contributed by atoms with van der Waals surface area (Å²) in [6.45, 7) is 7.25. The van der Waals surface area contributed by atoms with Crippen molar-refractivity contribution in [2.24, 2.45) is 0 Å². The first-order chi connectivity index (χ1) is 11.3. The van der Waals surface area contributed by atoms with Crippen LogP contribution in [0.25, 0.3) is 32.3 Å². The van der Waals surface area contributed by atoms with Gasteiger partial charge in [-0.05, 0) is 18.2 Å². The third-order valence-corrected chi connectivity index (χ3v) is 4.05. The molecule has 0 bridgehead atoms. The van der Waals surface area contributed by atoms with Gasteiger partial charge in [-0.1, -0.05) is 48.5 Å². The van der Waals surface area contributed by atoms with Crippen molar-refractivity contribution in [2.75, 3.05) is 0 Å². The van der Waals surface area contributed by atoms with Crippen LogP contribution < -0.4 is 0 Å². The van der Waals surface area contributed by atoms with Gasteiger partial charge in [0.2, 0.25) is 0 Å². The van der Waals surface area contributed by atoms with Crippen molar-refractivity contribution >= 4 is 27.5 Å². The maximum absolute atomic E-state index is 9.48. The van der Waals surface area contributed by atoms with Crippen LogP contribution in [0.3, 0.4) is 0 Å². The van der Waals surface area contributed by atoms with Gasteiger partial charge in [0.1, 0.15) is 6.07 Å². The topological polar surface area (TPSA) is 33.1 Å². The van der Waals surface area contributed by atoms with Gasteiger partial charge in [-0.2, -0.15) is 5.26 Å². The molecule has 0 aliphatic rings. The zero-order chi connectivity index (χ0) is 15.8. The second-order valence-corrected chi connectivity index (χ2v) is 5.29. The summed E-state index contributed by atoms with van der Waals surface area (Å²) in [5, 5.41) is 11.8. The molecule has 0 amide bonds. The highest BCUT2D eigenvalue weighted by atomic mass is 15.0. The van der Waals surface area contributed by atoms with Crippen molar-refractivity contribution in [3.8, 4) is 11.8 Å². The van der Waals surface area contributed by atoms with Crippen LogP contribution in [0.2, 0.25) is 0 Å². The van der Waals surface area contributed by atoms with Crippen molar-refractivity contribution in [1.82, 2.24) is 4.57 Å². The smallest absolute Gasteiger partial charge is 0.189 e. The number of hydrogen-bond acceptors (Lipinski definition) is 1. The Hall–Kier alpha value is -3.56. The summed E-state index contributed by atoms with van der Waals surface area (Å²) in [6, 6.07) is 23.7. The summed E-state index contributed by atoms with van der Waals surface area (Å²) < 4.78 is 2.07. The molecule has 0 aliphatic heterocycles. The minimum Gasteiger partial charge on any atom is -0.309 e. The Balaban J connectivity index is 2.22. The molecule has 3 aromatic carbocycles. The second kappa shape index (κ2) is 5.02. The van der Waals surface area contributed by atoms with E-state index in [2.05, 4.69) is 27.6 Å². The molecule has 1 heterocycles. The number of hydrogen-bond donors (Lipinski definition) is 0. The van der Waals surface area contributed by atoms with Crippen LogP contribution in [0.15, 0.2) is 66.7 Å². The fourth-order valence-corrected chi connectivity index (χ4v) is 3.05. The SMILES string of the molecule is [C-]#[N+]c1ccc(C#N)c(-n2c3ccccc3c3ccccc32)c1. The van der Waals surface area contributed by atoms with E-state index < -0.39 is 0 Å². The predicted molar refractivity (Wildman–Crippen MR) is 91.8 cm³/mol. The Bertz CT molecular complexity index is 1080. The lowest BCUT2D eigenvalue weighted by Gasteiger charge is -2.10. The van der Waals surface area contributed by atoms with Gasteiger partial charge < -0.3 is 4.57 Å². The Morgan fingerprint density at radius 1 is 0.870 bits per heavy atom. The van der Waals surface area contributed by atoms with Crippen LogP contribution in [0.4, 0.5) is 5.69 Å². The molecule has 106 valence electrons. The average Bonchev–Trinajstić information content (AvgIpc) is 2.95. The van der Waals surface area contributed by atoms with Crippen LogP contribution in [0.5, 0.6) is 0 Å². The molecule has 1 aromatic heterocycles. The van der Waals surface area contributed by atoms with Crippen LogP contribution in [0.1, 0.15) is 5.56 Å². The quantitative estimate of drug-likeness (QED) is 0.444. The van der Waals surface area contributed by atoms with E-state index in [-0.39, 0.29) is 0 Å². The maximum Gasteiger partial charge on any atom is 0.189 e. The molecule has 3 nitrogen and oxygen atoms in total. The molecule has 0 saturated heterocycles. The third kappa shape index (κ3) is 1.88. The molecule has 4 aromatic rings. The van der Waals surface area contributed by atoms with E-state index in [1.807, 2.05) is 36.4 Å². The number of fused-ring (bicyclic) bond motifs is 3. The van der Waals surface area contributed by atoms with Gasteiger partial charge in [-0.15, -0.1) is 0 Å². The molecule has 0 N–H and O–H groups in total. The number of nitriles is 1. The Morgan fingerprint density at radius 3 is 2.04 bits per heavy atom. The largest absolute Gasteiger partial charge is 0.309 e. The molecular weight excluding hydrogens is 282 g/mol. The first-order valence-corrected chi connectivity index (χ1v) is 7.23. The van der Waals surface area contributed by atoms with E-state index in [4.69, 9.17) is 6.57 Å².